The average Bonchev–Trinajstić information content (AvgIpc) is 3.11. The monoisotopic (exact) mass is 389 g/mol. The summed E-state index contributed by atoms with van der Waals surface area (Å²) in [6.45, 7) is 13.8. The molecular weight excluding hydrogens is 360 g/mol. The second-order valence-corrected chi connectivity index (χ2v) is 15.6. The SMILES string of the molecule is CCC1=[C-]C(CC)(C2=CC=CC2)C(CC)=C1CC.C[Si](C)=[Zr]. The zero-order valence-electron chi connectivity index (χ0n) is 15.3. The van der Waals surface area contributed by atoms with E-state index in [2.05, 4.69) is 65.1 Å². The van der Waals surface area contributed by atoms with E-state index in [0.717, 1.165) is 32.1 Å². The van der Waals surface area contributed by atoms with Crippen molar-refractivity contribution in [1.29, 1.82) is 0 Å². The molecule has 0 spiro atoms. The van der Waals surface area contributed by atoms with E-state index in [9.17, 15) is 0 Å². The minimum atomic E-state index is 0.120. The first-order valence-electron chi connectivity index (χ1n) is 8.71. The van der Waals surface area contributed by atoms with Crippen molar-refractivity contribution in [3.63, 3.8) is 0 Å². The first-order valence-corrected chi connectivity index (χ1v) is 14.9. The van der Waals surface area contributed by atoms with Crippen LogP contribution in [0.15, 0.2) is 40.5 Å². The van der Waals surface area contributed by atoms with Crippen molar-refractivity contribution in [3.8, 4) is 0 Å². The molecule has 0 fully saturated rings. The predicted molar refractivity (Wildman–Crippen MR) is 96.7 cm³/mol. The van der Waals surface area contributed by atoms with Crippen molar-refractivity contribution in [2.24, 2.45) is 5.41 Å². The molecule has 0 aliphatic heterocycles. The first kappa shape index (κ1) is 20.1. The third-order valence-electron chi connectivity index (χ3n) is 4.52. The normalized spacial score (nSPS) is 23.1. The molecule has 0 aromatic heterocycles. The molecule has 2 aliphatic carbocycles. The Hall–Kier alpha value is 0.0600. The molecule has 0 nitrogen and oxygen atoms in total. The van der Waals surface area contributed by atoms with Crippen LogP contribution in [-0.2, 0) is 23.3 Å². The van der Waals surface area contributed by atoms with Crippen LogP contribution in [0.3, 0.4) is 0 Å². The van der Waals surface area contributed by atoms with Gasteiger partial charge in [0.15, 0.2) is 0 Å². The van der Waals surface area contributed by atoms with Gasteiger partial charge in [0.25, 0.3) is 0 Å². The number of allylic oxidation sites excluding steroid dienone is 8. The fraction of sp³-hybridized carbons (Fsp3) is 0.600. The van der Waals surface area contributed by atoms with Gasteiger partial charge in [-0.25, -0.2) is 5.57 Å². The number of hydrogen-bond acceptors (Lipinski definition) is 0. The molecule has 0 heterocycles. The second-order valence-electron chi connectivity index (χ2n) is 6.20. The van der Waals surface area contributed by atoms with Crippen molar-refractivity contribution < 1.29 is 23.3 Å². The Labute approximate surface area is 153 Å². The molecule has 2 rings (SSSR count). The van der Waals surface area contributed by atoms with Crippen LogP contribution in [0.2, 0.25) is 13.1 Å². The van der Waals surface area contributed by atoms with Gasteiger partial charge in [-0.1, -0.05) is 82.6 Å². The number of rotatable bonds is 5. The standard InChI is InChI=1S/C18H25.C2H6Si.Zr/c1-5-14-13-18(8-4,15-11-9-10-12-15)17(7-3)16(14)6-2;1-3-2;/h9-11H,5-8,12H2,1-4H3;1-2H3;/q-1;;. The molecule has 0 aromatic carbocycles. The van der Waals surface area contributed by atoms with Gasteiger partial charge in [0.2, 0.25) is 0 Å². The van der Waals surface area contributed by atoms with E-state index in [1.165, 1.54) is 5.57 Å². The second kappa shape index (κ2) is 9.38. The Morgan fingerprint density at radius 2 is 1.77 bits per heavy atom. The van der Waals surface area contributed by atoms with Crippen molar-refractivity contribution >= 4 is 5.43 Å². The Morgan fingerprint density at radius 3 is 2.14 bits per heavy atom. The summed E-state index contributed by atoms with van der Waals surface area (Å²) in [5.74, 6) is 0. The number of hydrogen-bond donors (Lipinski definition) is 0. The van der Waals surface area contributed by atoms with Gasteiger partial charge in [0, 0.05) is 0 Å². The fourth-order valence-electron chi connectivity index (χ4n) is 3.66. The summed E-state index contributed by atoms with van der Waals surface area (Å²) < 4.78 is 0. The van der Waals surface area contributed by atoms with E-state index in [1.807, 2.05) is 0 Å². The van der Waals surface area contributed by atoms with Crippen LogP contribution in [0.1, 0.15) is 59.8 Å². The Morgan fingerprint density at radius 1 is 1.14 bits per heavy atom. The van der Waals surface area contributed by atoms with E-state index in [4.69, 9.17) is 0 Å². The van der Waals surface area contributed by atoms with Crippen LogP contribution in [-0.4, -0.2) is 5.43 Å². The van der Waals surface area contributed by atoms with Crippen LogP contribution in [0.4, 0.5) is 0 Å². The molecule has 22 heavy (non-hydrogen) atoms. The fourth-order valence-corrected chi connectivity index (χ4v) is 3.66. The van der Waals surface area contributed by atoms with E-state index in [0.29, 0.717) is 0 Å². The summed E-state index contributed by atoms with van der Waals surface area (Å²) in [5, 5.41) is 0. The Bertz CT molecular complexity index is 530. The molecule has 0 N–H and O–H groups in total. The van der Waals surface area contributed by atoms with E-state index < -0.39 is 0 Å². The third kappa shape index (κ3) is 4.32. The minimum absolute atomic E-state index is 0.120. The third-order valence-corrected chi connectivity index (χ3v) is 4.52. The molecule has 0 amide bonds. The van der Waals surface area contributed by atoms with Crippen LogP contribution < -0.4 is 0 Å². The van der Waals surface area contributed by atoms with Gasteiger partial charge >= 0.3 is 41.9 Å². The van der Waals surface area contributed by atoms with Crippen molar-refractivity contribution in [2.75, 3.05) is 0 Å². The van der Waals surface area contributed by atoms with Gasteiger partial charge in [-0.2, -0.15) is 11.1 Å². The van der Waals surface area contributed by atoms with E-state index in [-0.39, 0.29) is 10.8 Å². The van der Waals surface area contributed by atoms with Gasteiger partial charge in [0.1, 0.15) is 0 Å². The summed E-state index contributed by atoms with van der Waals surface area (Å²) in [6, 6.07) is 0. The molecule has 1 unspecified atom stereocenters. The summed E-state index contributed by atoms with van der Waals surface area (Å²) >= 11 is 1.74. The molecule has 0 radical (unpaired) electrons. The maximum atomic E-state index is 3.88. The quantitative estimate of drug-likeness (QED) is 0.380. The zero-order valence-corrected chi connectivity index (χ0v) is 18.7. The molecule has 0 saturated carbocycles. The molecule has 0 saturated heterocycles. The molecule has 2 heteroatoms. The molecular formula is C20H31SiZr-. The van der Waals surface area contributed by atoms with Gasteiger partial charge in [-0.3, -0.25) is 6.08 Å². The van der Waals surface area contributed by atoms with Crippen molar-refractivity contribution in [3.05, 3.63) is 46.6 Å². The summed E-state index contributed by atoms with van der Waals surface area (Å²) in [7, 11) is 0. The Kier molecular flexibility index (Phi) is 8.57. The van der Waals surface area contributed by atoms with E-state index >= 15 is 0 Å². The summed E-state index contributed by atoms with van der Waals surface area (Å²) in [6.07, 6.45) is 16.4. The van der Waals surface area contributed by atoms with Gasteiger partial charge in [-0.05, 0) is 6.42 Å². The first-order chi connectivity index (χ1) is 10.5. The van der Waals surface area contributed by atoms with Crippen molar-refractivity contribution in [1.82, 2.24) is 0 Å². The zero-order chi connectivity index (χ0) is 16.8. The molecule has 0 aromatic rings. The van der Waals surface area contributed by atoms with Gasteiger partial charge < -0.3 is 0 Å². The molecule has 2 aliphatic rings. The maximum absolute atomic E-state index is 3.88. The van der Waals surface area contributed by atoms with Crippen LogP contribution in [0.25, 0.3) is 0 Å². The molecule has 1 atom stereocenters. The predicted octanol–water partition coefficient (Wildman–Crippen LogP) is 6.32. The van der Waals surface area contributed by atoms with E-state index in [1.54, 1.807) is 40.1 Å². The Balaban J connectivity index is 0.000000541. The summed E-state index contributed by atoms with van der Waals surface area (Å²) in [4.78, 5) is 0. The van der Waals surface area contributed by atoms with Crippen LogP contribution in [0, 0.1) is 11.5 Å². The molecule has 0 bridgehead atoms. The van der Waals surface area contributed by atoms with Gasteiger partial charge in [-0.15, -0.1) is 0 Å². The van der Waals surface area contributed by atoms with Crippen LogP contribution >= 0.6 is 0 Å². The average molecular weight is 391 g/mol. The molecule has 120 valence electrons. The van der Waals surface area contributed by atoms with Crippen LogP contribution in [0.5, 0.6) is 0 Å². The van der Waals surface area contributed by atoms with Crippen molar-refractivity contribution in [2.45, 2.75) is 72.9 Å². The topological polar surface area (TPSA) is 0 Å². The van der Waals surface area contributed by atoms with Gasteiger partial charge in [0.05, 0.1) is 0 Å². The summed E-state index contributed by atoms with van der Waals surface area (Å²) in [5.41, 5.74) is 6.59.